The van der Waals surface area contributed by atoms with Crippen LogP contribution in [0.2, 0.25) is 0 Å². The Kier molecular flexibility index (Phi) is 4.81. The maximum Gasteiger partial charge on any atom is 0.410 e. The lowest BCUT2D eigenvalue weighted by Crippen LogP contribution is -2.26. The first-order valence-corrected chi connectivity index (χ1v) is 3.34. The molecule has 0 spiro atoms. The zero-order valence-electron chi connectivity index (χ0n) is 6.66. The van der Waals surface area contributed by atoms with Gasteiger partial charge in [0, 0.05) is 7.05 Å². The highest BCUT2D eigenvalue weighted by Gasteiger charge is 1.95. The van der Waals surface area contributed by atoms with Crippen LogP contribution in [0.3, 0.4) is 0 Å². The fourth-order valence-electron chi connectivity index (χ4n) is 0.511. The first-order chi connectivity index (χ1) is 5.20. The minimum absolute atomic E-state index is 0.361. The molecule has 0 saturated carbocycles. The molecule has 0 aromatic carbocycles. The van der Waals surface area contributed by atoms with Crippen molar-refractivity contribution in [2.24, 2.45) is 4.99 Å². The van der Waals surface area contributed by atoms with Gasteiger partial charge in [0.2, 0.25) is 0 Å². The SMILES string of the molecule is CC/C=C\C(=NC)NC(=O)O. The van der Waals surface area contributed by atoms with Crippen LogP contribution in [0.1, 0.15) is 13.3 Å². The molecule has 4 nitrogen and oxygen atoms in total. The van der Waals surface area contributed by atoms with Gasteiger partial charge in [0.15, 0.2) is 0 Å². The van der Waals surface area contributed by atoms with Gasteiger partial charge < -0.3 is 5.11 Å². The van der Waals surface area contributed by atoms with E-state index < -0.39 is 6.09 Å². The summed E-state index contributed by atoms with van der Waals surface area (Å²) in [7, 11) is 1.53. The highest BCUT2D eigenvalue weighted by Crippen LogP contribution is 1.81. The van der Waals surface area contributed by atoms with Crippen LogP contribution in [0, 0.1) is 0 Å². The van der Waals surface area contributed by atoms with E-state index in [0.717, 1.165) is 6.42 Å². The number of carboxylic acid groups (broad SMARTS) is 1. The first kappa shape index (κ1) is 9.68. The third-order valence-electron chi connectivity index (χ3n) is 0.987. The monoisotopic (exact) mass is 156 g/mol. The molecule has 0 aromatic heterocycles. The summed E-state index contributed by atoms with van der Waals surface area (Å²) in [6.07, 6.45) is 3.23. The molecule has 0 atom stereocenters. The van der Waals surface area contributed by atoms with Gasteiger partial charge in [-0.05, 0) is 12.5 Å². The molecule has 4 heteroatoms. The Hall–Kier alpha value is -1.32. The van der Waals surface area contributed by atoms with Crippen LogP contribution in [0.4, 0.5) is 4.79 Å². The number of amides is 1. The van der Waals surface area contributed by atoms with Crippen LogP contribution in [-0.2, 0) is 0 Å². The molecule has 0 heterocycles. The number of amidine groups is 1. The number of nitrogens with zero attached hydrogens (tertiary/aromatic N) is 1. The van der Waals surface area contributed by atoms with E-state index in [1.54, 1.807) is 6.08 Å². The molecule has 11 heavy (non-hydrogen) atoms. The third-order valence-corrected chi connectivity index (χ3v) is 0.987. The molecule has 2 N–H and O–H groups in total. The number of hydrogen-bond donors (Lipinski definition) is 2. The van der Waals surface area contributed by atoms with Crippen molar-refractivity contribution >= 4 is 11.9 Å². The summed E-state index contributed by atoms with van der Waals surface area (Å²) in [5.74, 6) is 0.361. The second-order valence-corrected chi connectivity index (χ2v) is 1.85. The Morgan fingerprint density at radius 1 is 1.73 bits per heavy atom. The van der Waals surface area contributed by atoms with Crippen LogP contribution >= 0.6 is 0 Å². The average molecular weight is 156 g/mol. The zero-order chi connectivity index (χ0) is 8.69. The van der Waals surface area contributed by atoms with Gasteiger partial charge in [0.25, 0.3) is 0 Å². The molecule has 0 unspecified atom stereocenters. The van der Waals surface area contributed by atoms with Crippen molar-refractivity contribution in [1.82, 2.24) is 5.32 Å². The lowest BCUT2D eigenvalue weighted by Gasteiger charge is -1.96. The quantitative estimate of drug-likeness (QED) is 0.467. The normalized spacial score (nSPS) is 12.0. The first-order valence-electron chi connectivity index (χ1n) is 3.34. The summed E-state index contributed by atoms with van der Waals surface area (Å²) in [6.45, 7) is 1.96. The van der Waals surface area contributed by atoms with Gasteiger partial charge in [0.05, 0.1) is 0 Å². The molecule has 0 bridgehead atoms. The Bertz CT molecular complexity index is 185. The Labute approximate surface area is 65.6 Å². The van der Waals surface area contributed by atoms with Crippen molar-refractivity contribution in [3.05, 3.63) is 12.2 Å². The number of allylic oxidation sites excluding steroid dienone is 1. The van der Waals surface area contributed by atoms with E-state index in [1.807, 2.05) is 13.0 Å². The summed E-state index contributed by atoms with van der Waals surface area (Å²) >= 11 is 0. The maximum atomic E-state index is 10.1. The van der Waals surface area contributed by atoms with E-state index in [4.69, 9.17) is 5.11 Å². The highest BCUT2D eigenvalue weighted by atomic mass is 16.4. The molecule has 0 rings (SSSR count). The number of rotatable bonds is 2. The summed E-state index contributed by atoms with van der Waals surface area (Å²) in [4.78, 5) is 13.8. The smallest absolute Gasteiger partial charge is 0.410 e. The van der Waals surface area contributed by atoms with Gasteiger partial charge in [0.1, 0.15) is 5.84 Å². The van der Waals surface area contributed by atoms with Crippen molar-refractivity contribution in [3.63, 3.8) is 0 Å². The molecule has 0 saturated heterocycles. The van der Waals surface area contributed by atoms with E-state index >= 15 is 0 Å². The molecule has 0 aliphatic heterocycles. The molecule has 62 valence electrons. The van der Waals surface area contributed by atoms with Crippen LogP contribution in [0.15, 0.2) is 17.1 Å². The van der Waals surface area contributed by atoms with E-state index in [9.17, 15) is 4.79 Å². The predicted octanol–water partition coefficient (Wildman–Crippen LogP) is 1.25. The molecule has 0 aromatic rings. The van der Waals surface area contributed by atoms with E-state index in [0.29, 0.717) is 5.84 Å². The molecule has 0 radical (unpaired) electrons. The predicted molar refractivity (Wildman–Crippen MR) is 44.0 cm³/mol. The van der Waals surface area contributed by atoms with Gasteiger partial charge in [-0.3, -0.25) is 10.3 Å². The summed E-state index contributed by atoms with van der Waals surface area (Å²) in [6, 6.07) is 0. The van der Waals surface area contributed by atoms with Crippen LogP contribution in [0.25, 0.3) is 0 Å². The molecule has 0 aliphatic rings. The minimum atomic E-state index is -1.09. The summed E-state index contributed by atoms with van der Waals surface area (Å²) in [5, 5.41) is 10.4. The fraction of sp³-hybridized carbons (Fsp3) is 0.429. The van der Waals surface area contributed by atoms with Gasteiger partial charge in [-0.1, -0.05) is 13.0 Å². The maximum absolute atomic E-state index is 10.1. The highest BCUT2D eigenvalue weighted by molar-refractivity contribution is 6.01. The van der Waals surface area contributed by atoms with Crippen molar-refractivity contribution in [3.8, 4) is 0 Å². The van der Waals surface area contributed by atoms with Crippen molar-refractivity contribution in [1.29, 1.82) is 0 Å². The van der Waals surface area contributed by atoms with E-state index in [-0.39, 0.29) is 0 Å². The van der Waals surface area contributed by atoms with Gasteiger partial charge in [-0.25, -0.2) is 4.79 Å². The largest absolute Gasteiger partial charge is 0.465 e. The average Bonchev–Trinajstić information content (AvgIpc) is 1.97. The van der Waals surface area contributed by atoms with Gasteiger partial charge in [-0.15, -0.1) is 0 Å². The number of hydrogen-bond acceptors (Lipinski definition) is 2. The topological polar surface area (TPSA) is 61.7 Å². The van der Waals surface area contributed by atoms with Crippen LogP contribution in [-0.4, -0.2) is 24.1 Å². The van der Waals surface area contributed by atoms with Gasteiger partial charge >= 0.3 is 6.09 Å². The number of carbonyl (C=O) groups is 1. The standard InChI is InChI=1S/C7H12N2O2/c1-3-4-5-6(8-2)9-7(10)11/h4-5H,3H2,1-2H3,(H,8,9)(H,10,11)/b5-4-. The lowest BCUT2D eigenvalue weighted by atomic mass is 10.4. The van der Waals surface area contributed by atoms with Crippen molar-refractivity contribution in [2.45, 2.75) is 13.3 Å². The van der Waals surface area contributed by atoms with Crippen molar-refractivity contribution in [2.75, 3.05) is 7.05 Å². The molecular formula is C7H12N2O2. The second kappa shape index (κ2) is 5.46. The van der Waals surface area contributed by atoms with E-state index in [1.165, 1.54) is 7.05 Å². The molecular weight excluding hydrogens is 144 g/mol. The Balaban J connectivity index is 3.98. The molecule has 0 aliphatic carbocycles. The van der Waals surface area contributed by atoms with Crippen LogP contribution < -0.4 is 5.32 Å². The Morgan fingerprint density at radius 3 is 2.73 bits per heavy atom. The van der Waals surface area contributed by atoms with Crippen LogP contribution in [0.5, 0.6) is 0 Å². The number of aliphatic imine (C=N–C) groups is 1. The Morgan fingerprint density at radius 2 is 2.36 bits per heavy atom. The fourth-order valence-corrected chi connectivity index (χ4v) is 0.511. The molecule has 0 fully saturated rings. The van der Waals surface area contributed by atoms with E-state index in [2.05, 4.69) is 10.3 Å². The third kappa shape index (κ3) is 5.14. The van der Waals surface area contributed by atoms with Crippen molar-refractivity contribution < 1.29 is 9.90 Å². The molecule has 1 amide bonds. The second-order valence-electron chi connectivity index (χ2n) is 1.85. The zero-order valence-corrected chi connectivity index (χ0v) is 6.66. The number of nitrogens with one attached hydrogen (secondary N) is 1. The van der Waals surface area contributed by atoms with Gasteiger partial charge in [-0.2, -0.15) is 0 Å². The summed E-state index contributed by atoms with van der Waals surface area (Å²) in [5.41, 5.74) is 0. The lowest BCUT2D eigenvalue weighted by molar-refractivity contribution is 0.200. The summed E-state index contributed by atoms with van der Waals surface area (Å²) < 4.78 is 0. The minimum Gasteiger partial charge on any atom is -0.465 e.